The van der Waals surface area contributed by atoms with Crippen LogP contribution in [0.1, 0.15) is 18.1 Å². The van der Waals surface area contributed by atoms with Crippen LogP contribution in [-0.4, -0.2) is 32.0 Å². The third-order valence-electron chi connectivity index (χ3n) is 4.74. The Morgan fingerprint density at radius 3 is 1.93 bits per heavy atom. The highest BCUT2D eigenvalue weighted by Crippen LogP contribution is 2.45. The van der Waals surface area contributed by atoms with Crippen LogP contribution in [0.3, 0.4) is 0 Å². The Bertz CT molecular complexity index is 1010. The third kappa shape index (κ3) is 3.90. The van der Waals surface area contributed by atoms with E-state index in [0.29, 0.717) is 11.1 Å². The van der Waals surface area contributed by atoms with Gasteiger partial charge < -0.3 is 15.5 Å². The lowest BCUT2D eigenvalue weighted by atomic mass is 9.87. The van der Waals surface area contributed by atoms with Gasteiger partial charge in [-0.3, -0.25) is 9.59 Å². The van der Waals surface area contributed by atoms with Gasteiger partial charge in [-0.05, 0) is 19.1 Å². The molecule has 29 heavy (non-hydrogen) atoms. The van der Waals surface area contributed by atoms with Gasteiger partial charge in [-0.25, -0.2) is 0 Å². The number of fused-ring (bicyclic) bond motifs is 2. The van der Waals surface area contributed by atoms with E-state index in [2.05, 4.69) is 23.3 Å². The van der Waals surface area contributed by atoms with E-state index in [1.807, 2.05) is 60.5 Å². The second kappa shape index (κ2) is 8.44. The van der Waals surface area contributed by atoms with E-state index in [-0.39, 0.29) is 24.6 Å². The van der Waals surface area contributed by atoms with Crippen LogP contribution in [0.4, 0.5) is 11.4 Å². The summed E-state index contributed by atoms with van der Waals surface area (Å²) < 4.78 is 0. The van der Waals surface area contributed by atoms with Gasteiger partial charge in [0.05, 0.1) is 0 Å². The Balaban J connectivity index is 1.94. The summed E-state index contributed by atoms with van der Waals surface area (Å²) in [6.45, 7) is 5.64. The fraction of sp³-hybridized carbons (Fsp3) is 0.174. The van der Waals surface area contributed by atoms with Crippen LogP contribution < -0.4 is 15.5 Å². The molecule has 146 valence electrons. The van der Waals surface area contributed by atoms with Crippen molar-refractivity contribution in [3.8, 4) is 6.07 Å². The molecule has 0 saturated carbocycles. The first-order chi connectivity index (χ1) is 14.0. The number of nitrogens with zero attached hydrogens (tertiary/aromatic N) is 2. The summed E-state index contributed by atoms with van der Waals surface area (Å²) in [5, 5.41) is 15.2. The van der Waals surface area contributed by atoms with E-state index in [1.165, 1.54) is 0 Å². The van der Waals surface area contributed by atoms with Crippen molar-refractivity contribution in [1.82, 2.24) is 10.6 Å². The molecule has 0 unspecified atom stereocenters. The van der Waals surface area contributed by atoms with E-state index < -0.39 is 5.91 Å². The standard InChI is InChI=1S/C23H22N4O2/c1-15(2)22(28)25-12-13-26-23(29)18(14-24)21-16-8-4-6-10-19(16)27(3)20-11-7-5-9-17(20)21/h4-11H,1,12-13H2,2-3H3,(H,25,28)(H,26,29). The number of amides is 2. The third-order valence-corrected chi connectivity index (χ3v) is 4.74. The first kappa shape index (κ1) is 19.9. The van der Waals surface area contributed by atoms with Gasteiger partial charge in [-0.15, -0.1) is 0 Å². The lowest BCUT2D eigenvalue weighted by molar-refractivity contribution is -0.119. The minimum absolute atomic E-state index is 0.0456. The number of para-hydroxylation sites is 2. The molecule has 0 atom stereocenters. The Morgan fingerprint density at radius 1 is 0.966 bits per heavy atom. The maximum atomic E-state index is 12.8. The number of carbonyl (C=O) groups is 2. The highest BCUT2D eigenvalue weighted by atomic mass is 16.2. The summed E-state index contributed by atoms with van der Waals surface area (Å²) in [5.74, 6) is -0.738. The maximum absolute atomic E-state index is 12.8. The molecule has 0 saturated heterocycles. The van der Waals surface area contributed by atoms with Crippen molar-refractivity contribution in [2.24, 2.45) is 0 Å². The topological polar surface area (TPSA) is 85.2 Å². The van der Waals surface area contributed by atoms with Crippen molar-refractivity contribution in [3.05, 3.63) is 77.4 Å². The van der Waals surface area contributed by atoms with Crippen LogP contribution in [0.25, 0.3) is 5.57 Å². The zero-order valence-electron chi connectivity index (χ0n) is 16.5. The lowest BCUT2D eigenvalue weighted by Gasteiger charge is -2.32. The lowest BCUT2D eigenvalue weighted by Crippen LogP contribution is -2.35. The molecular weight excluding hydrogens is 364 g/mol. The molecule has 3 rings (SSSR count). The van der Waals surface area contributed by atoms with Crippen molar-refractivity contribution in [2.45, 2.75) is 6.92 Å². The molecule has 2 aromatic rings. The molecule has 6 nitrogen and oxygen atoms in total. The van der Waals surface area contributed by atoms with Crippen LogP contribution >= 0.6 is 0 Å². The Morgan fingerprint density at radius 2 is 1.45 bits per heavy atom. The van der Waals surface area contributed by atoms with E-state index in [4.69, 9.17) is 0 Å². The predicted octanol–water partition coefficient (Wildman–Crippen LogP) is 2.90. The highest BCUT2D eigenvalue weighted by Gasteiger charge is 2.28. The largest absolute Gasteiger partial charge is 0.351 e. The van der Waals surface area contributed by atoms with E-state index >= 15 is 0 Å². The minimum Gasteiger partial charge on any atom is -0.351 e. The Kier molecular flexibility index (Phi) is 5.79. The van der Waals surface area contributed by atoms with Gasteiger partial charge in [0.25, 0.3) is 5.91 Å². The normalized spacial score (nSPS) is 11.6. The molecule has 1 heterocycles. The molecule has 1 aliphatic heterocycles. The minimum atomic E-state index is -0.471. The van der Waals surface area contributed by atoms with Gasteiger partial charge in [0.15, 0.2) is 0 Å². The zero-order valence-corrected chi connectivity index (χ0v) is 16.5. The number of nitriles is 1. The number of hydrogen-bond acceptors (Lipinski definition) is 4. The van der Waals surface area contributed by atoms with Crippen LogP contribution in [0.5, 0.6) is 0 Å². The highest BCUT2D eigenvalue weighted by molar-refractivity contribution is 6.12. The molecular formula is C23H22N4O2. The molecule has 0 aliphatic carbocycles. The van der Waals surface area contributed by atoms with Crippen molar-refractivity contribution >= 4 is 28.8 Å². The second-order valence-electron chi connectivity index (χ2n) is 6.75. The van der Waals surface area contributed by atoms with Gasteiger partial charge in [-0.1, -0.05) is 43.0 Å². The Hall–Kier alpha value is -3.85. The van der Waals surface area contributed by atoms with Crippen molar-refractivity contribution in [3.63, 3.8) is 0 Å². The molecule has 2 amide bonds. The summed E-state index contributed by atoms with van der Waals surface area (Å²) in [6, 6.07) is 17.5. The maximum Gasteiger partial charge on any atom is 0.262 e. The predicted molar refractivity (Wildman–Crippen MR) is 113 cm³/mol. The van der Waals surface area contributed by atoms with Crippen molar-refractivity contribution in [2.75, 3.05) is 25.0 Å². The van der Waals surface area contributed by atoms with Gasteiger partial charge in [0.1, 0.15) is 11.6 Å². The second-order valence-corrected chi connectivity index (χ2v) is 6.75. The molecule has 2 aromatic carbocycles. The van der Waals surface area contributed by atoms with Crippen molar-refractivity contribution in [1.29, 1.82) is 5.26 Å². The molecule has 0 aromatic heterocycles. The summed E-state index contributed by atoms with van der Waals surface area (Å²) in [7, 11) is 1.96. The number of anilines is 2. The number of carbonyl (C=O) groups excluding carboxylic acids is 2. The fourth-order valence-electron chi connectivity index (χ4n) is 3.31. The summed E-state index contributed by atoms with van der Waals surface area (Å²) in [5.41, 5.74) is 4.57. The van der Waals surface area contributed by atoms with Crippen LogP contribution in [0.2, 0.25) is 0 Å². The van der Waals surface area contributed by atoms with E-state index in [0.717, 1.165) is 22.5 Å². The molecule has 0 fully saturated rings. The van der Waals surface area contributed by atoms with Crippen LogP contribution in [-0.2, 0) is 9.59 Å². The quantitative estimate of drug-likeness (QED) is 0.470. The number of hydrogen-bond donors (Lipinski definition) is 2. The van der Waals surface area contributed by atoms with Crippen LogP contribution in [0, 0.1) is 11.3 Å². The number of benzene rings is 2. The summed E-state index contributed by atoms with van der Waals surface area (Å²) >= 11 is 0. The van der Waals surface area contributed by atoms with Gasteiger partial charge in [0, 0.05) is 53.8 Å². The first-order valence-corrected chi connectivity index (χ1v) is 9.24. The average Bonchev–Trinajstić information content (AvgIpc) is 2.73. The Labute approximate surface area is 170 Å². The molecule has 0 spiro atoms. The van der Waals surface area contributed by atoms with Crippen molar-refractivity contribution < 1.29 is 9.59 Å². The summed E-state index contributed by atoms with van der Waals surface area (Å²) in [6.07, 6.45) is 0. The van der Waals surface area contributed by atoms with Crippen LogP contribution in [0.15, 0.2) is 66.3 Å². The van der Waals surface area contributed by atoms with Gasteiger partial charge in [-0.2, -0.15) is 5.26 Å². The number of rotatable bonds is 5. The van der Waals surface area contributed by atoms with E-state index in [9.17, 15) is 14.9 Å². The smallest absolute Gasteiger partial charge is 0.262 e. The monoisotopic (exact) mass is 386 g/mol. The SMILES string of the molecule is C=C(C)C(=O)NCCNC(=O)C(C#N)=C1c2ccccc2N(C)c2ccccc21. The molecule has 6 heteroatoms. The fourth-order valence-corrected chi connectivity index (χ4v) is 3.31. The molecule has 0 bridgehead atoms. The zero-order chi connectivity index (χ0) is 21.0. The molecule has 0 radical (unpaired) electrons. The van der Waals surface area contributed by atoms with Gasteiger partial charge >= 0.3 is 0 Å². The molecule has 1 aliphatic rings. The van der Waals surface area contributed by atoms with E-state index in [1.54, 1.807) is 6.92 Å². The average molecular weight is 386 g/mol. The number of nitrogens with one attached hydrogen (secondary N) is 2. The summed E-state index contributed by atoms with van der Waals surface area (Å²) in [4.78, 5) is 26.4. The van der Waals surface area contributed by atoms with Gasteiger partial charge in [0.2, 0.25) is 5.91 Å². The first-order valence-electron chi connectivity index (χ1n) is 9.24. The molecule has 2 N–H and O–H groups in total.